The minimum Gasteiger partial charge on any atom is -0.332 e. The fourth-order valence-corrected chi connectivity index (χ4v) is 3.30. The van der Waals surface area contributed by atoms with E-state index >= 15 is 0 Å². The van der Waals surface area contributed by atoms with Crippen LogP contribution in [0.5, 0.6) is 0 Å². The molecular weight excluding hydrogens is 336 g/mol. The van der Waals surface area contributed by atoms with Crippen molar-refractivity contribution in [2.75, 3.05) is 16.8 Å². The van der Waals surface area contributed by atoms with Crippen molar-refractivity contribution in [2.45, 2.75) is 13.8 Å². The van der Waals surface area contributed by atoms with Crippen molar-refractivity contribution in [1.82, 2.24) is 0 Å². The summed E-state index contributed by atoms with van der Waals surface area (Å²) < 4.78 is 0. The van der Waals surface area contributed by atoms with E-state index in [2.05, 4.69) is 53.5 Å². The molecule has 0 radical (unpaired) electrons. The van der Waals surface area contributed by atoms with Crippen LogP contribution in [-0.2, 0) is 0 Å². The van der Waals surface area contributed by atoms with E-state index in [1.165, 1.54) is 10.8 Å². The fourth-order valence-electron chi connectivity index (χ4n) is 2.79. The van der Waals surface area contributed by atoms with Crippen molar-refractivity contribution >= 4 is 51.1 Å². The summed E-state index contributed by atoms with van der Waals surface area (Å²) in [5, 5.41) is 7.13. The zero-order valence-electron chi connectivity index (χ0n) is 13.7. The minimum absolute atomic E-state index is 0.666. The molecule has 24 heavy (non-hydrogen) atoms. The Hall–Kier alpha value is -2.10. The molecule has 122 valence electrons. The lowest BCUT2D eigenvalue weighted by molar-refractivity contribution is 1.07. The van der Waals surface area contributed by atoms with Gasteiger partial charge in [-0.1, -0.05) is 54.1 Å². The third-order valence-electron chi connectivity index (χ3n) is 4.13. The van der Waals surface area contributed by atoms with Gasteiger partial charge in [-0.3, -0.25) is 0 Å². The van der Waals surface area contributed by atoms with Crippen molar-refractivity contribution < 1.29 is 0 Å². The molecule has 0 aromatic heterocycles. The molecule has 0 aliphatic heterocycles. The number of halogens is 1. The molecule has 3 aromatic carbocycles. The Labute approximate surface area is 153 Å². The van der Waals surface area contributed by atoms with Crippen LogP contribution in [0.2, 0.25) is 5.02 Å². The predicted octanol–water partition coefficient (Wildman–Crippen LogP) is 6.02. The molecule has 3 aromatic rings. The standard InChI is InChI=1S/C20H19ClN2S/c1-3-23(19-13-6-9-15-8-4-5-10-16(15)19)20(24)22-18-12-7-11-17(21)14(18)2/h4-13H,3H2,1-2H3,(H,22,24). The van der Waals surface area contributed by atoms with E-state index in [1.54, 1.807) is 0 Å². The summed E-state index contributed by atoms with van der Waals surface area (Å²) in [5.41, 5.74) is 3.04. The summed E-state index contributed by atoms with van der Waals surface area (Å²) in [4.78, 5) is 2.11. The van der Waals surface area contributed by atoms with Crippen LogP contribution in [0, 0.1) is 6.92 Å². The van der Waals surface area contributed by atoms with Gasteiger partial charge in [0.25, 0.3) is 0 Å². The highest BCUT2D eigenvalue weighted by Crippen LogP contribution is 2.28. The molecule has 4 heteroatoms. The van der Waals surface area contributed by atoms with Gasteiger partial charge in [0.15, 0.2) is 5.11 Å². The van der Waals surface area contributed by atoms with Crippen molar-refractivity contribution in [3.8, 4) is 0 Å². The number of rotatable bonds is 3. The monoisotopic (exact) mass is 354 g/mol. The average molecular weight is 355 g/mol. The number of hydrogen-bond acceptors (Lipinski definition) is 1. The number of thiocarbonyl (C=S) groups is 1. The first-order valence-corrected chi connectivity index (χ1v) is 8.72. The molecule has 1 N–H and O–H groups in total. The number of anilines is 2. The van der Waals surface area contributed by atoms with Gasteiger partial charge < -0.3 is 10.2 Å². The van der Waals surface area contributed by atoms with Gasteiger partial charge in [-0.2, -0.15) is 0 Å². The molecule has 0 aliphatic carbocycles. The molecule has 0 amide bonds. The van der Waals surface area contributed by atoms with E-state index in [0.29, 0.717) is 5.11 Å². The maximum atomic E-state index is 6.21. The lowest BCUT2D eigenvalue weighted by Crippen LogP contribution is -2.34. The smallest absolute Gasteiger partial charge is 0.177 e. The van der Waals surface area contributed by atoms with E-state index in [4.69, 9.17) is 23.8 Å². The Morgan fingerprint density at radius 1 is 1.04 bits per heavy atom. The van der Waals surface area contributed by atoms with Gasteiger partial charge in [0.2, 0.25) is 0 Å². The second-order valence-corrected chi connectivity index (χ2v) is 6.38. The summed E-state index contributed by atoms with van der Waals surface area (Å²) in [5.74, 6) is 0. The third-order valence-corrected chi connectivity index (χ3v) is 4.86. The van der Waals surface area contributed by atoms with Gasteiger partial charge in [0.05, 0.1) is 5.69 Å². The van der Waals surface area contributed by atoms with E-state index in [-0.39, 0.29) is 0 Å². The van der Waals surface area contributed by atoms with Crippen LogP contribution in [0.25, 0.3) is 10.8 Å². The van der Waals surface area contributed by atoms with E-state index in [1.807, 2.05) is 31.2 Å². The molecule has 0 fully saturated rings. The number of hydrogen-bond donors (Lipinski definition) is 1. The minimum atomic E-state index is 0.666. The second kappa shape index (κ2) is 7.20. The van der Waals surface area contributed by atoms with Crippen LogP contribution in [0.15, 0.2) is 60.7 Å². The normalized spacial score (nSPS) is 10.6. The maximum absolute atomic E-state index is 6.21. The highest BCUT2D eigenvalue weighted by atomic mass is 35.5. The number of nitrogens with zero attached hydrogens (tertiary/aromatic N) is 1. The first kappa shape index (κ1) is 16.7. The largest absolute Gasteiger partial charge is 0.332 e. The Morgan fingerprint density at radius 3 is 2.54 bits per heavy atom. The Bertz CT molecular complexity index is 886. The quantitative estimate of drug-likeness (QED) is 0.578. The topological polar surface area (TPSA) is 15.3 Å². The molecule has 0 aliphatic rings. The SMILES string of the molecule is CCN(C(=S)Nc1cccc(Cl)c1C)c1cccc2ccccc12. The molecule has 0 unspecified atom stereocenters. The molecule has 3 rings (SSSR count). The van der Waals surface area contributed by atoms with Crippen LogP contribution in [0.1, 0.15) is 12.5 Å². The van der Waals surface area contributed by atoms with Gasteiger partial charge in [-0.25, -0.2) is 0 Å². The summed E-state index contributed by atoms with van der Waals surface area (Å²) in [6.45, 7) is 4.86. The van der Waals surface area contributed by atoms with Crippen molar-refractivity contribution in [1.29, 1.82) is 0 Å². The number of fused-ring (bicyclic) bond motifs is 1. The Kier molecular flexibility index (Phi) is 5.03. The lowest BCUT2D eigenvalue weighted by Gasteiger charge is -2.26. The van der Waals surface area contributed by atoms with Gasteiger partial charge in [0, 0.05) is 22.6 Å². The van der Waals surface area contributed by atoms with Gasteiger partial charge in [0.1, 0.15) is 0 Å². The Balaban J connectivity index is 1.96. The summed E-state index contributed by atoms with van der Waals surface area (Å²) in [7, 11) is 0. The molecular formula is C20H19ClN2S. The maximum Gasteiger partial charge on any atom is 0.177 e. The third kappa shape index (κ3) is 3.23. The van der Waals surface area contributed by atoms with Crippen LogP contribution >= 0.6 is 23.8 Å². The zero-order chi connectivity index (χ0) is 17.1. The molecule has 0 bridgehead atoms. The first-order chi connectivity index (χ1) is 11.6. The van der Waals surface area contributed by atoms with E-state index < -0.39 is 0 Å². The lowest BCUT2D eigenvalue weighted by atomic mass is 10.1. The highest BCUT2D eigenvalue weighted by molar-refractivity contribution is 7.80. The van der Waals surface area contributed by atoms with Crippen LogP contribution < -0.4 is 10.2 Å². The molecule has 0 spiro atoms. The molecule has 0 saturated heterocycles. The van der Waals surface area contributed by atoms with Crippen molar-refractivity contribution in [3.63, 3.8) is 0 Å². The molecule has 2 nitrogen and oxygen atoms in total. The molecule has 0 atom stereocenters. The molecule has 0 heterocycles. The molecule has 0 saturated carbocycles. The number of nitrogens with one attached hydrogen (secondary N) is 1. The average Bonchev–Trinajstić information content (AvgIpc) is 2.60. The summed E-state index contributed by atoms with van der Waals surface area (Å²) in [6, 6.07) is 20.4. The zero-order valence-corrected chi connectivity index (χ0v) is 15.3. The predicted molar refractivity (Wildman–Crippen MR) is 109 cm³/mol. The van der Waals surface area contributed by atoms with Crippen molar-refractivity contribution in [3.05, 3.63) is 71.2 Å². The summed E-state index contributed by atoms with van der Waals surface area (Å²) >= 11 is 11.9. The van der Waals surface area contributed by atoms with Crippen LogP contribution in [0.3, 0.4) is 0 Å². The fraction of sp³-hybridized carbons (Fsp3) is 0.150. The van der Waals surface area contributed by atoms with E-state index in [0.717, 1.165) is 28.5 Å². The van der Waals surface area contributed by atoms with Crippen molar-refractivity contribution in [2.24, 2.45) is 0 Å². The Morgan fingerprint density at radius 2 is 1.75 bits per heavy atom. The summed E-state index contributed by atoms with van der Waals surface area (Å²) in [6.07, 6.45) is 0. The first-order valence-electron chi connectivity index (χ1n) is 7.93. The van der Waals surface area contributed by atoms with E-state index in [9.17, 15) is 0 Å². The van der Waals surface area contributed by atoms with Crippen LogP contribution in [-0.4, -0.2) is 11.7 Å². The van der Waals surface area contributed by atoms with Gasteiger partial charge in [-0.15, -0.1) is 0 Å². The van der Waals surface area contributed by atoms with Crippen LogP contribution in [0.4, 0.5) is 11.4 Å². The highest BCUT2D eigenvalue weighted by Gasteiger charge is 2.14. The second-order valence-electron chi connectivity index (χ2n) is 5.59. The number of benzene rings is 3. The van der Waals surface area contributed by atoms with Gasteiger partial charge >= 0.3 is 0 Å². The van der Waals surface area contributed by atoms with Gasteiger partial charge in [-0.05, 0) is 55.2 Å².